The topological polar surface area (TPSA) is 81.9 Å². The van der Waals surface area contributed by atoms with Crippen LogP contribution in [0.2, 0.25) is 0 Å². The fourth-order valence-electron chi connectivity index (χ4n) is 1.86. The molecule has 0 atom stereocenters. The summed E-state index contributed by atoms with van der Waals surface area (Å²) in [5.41, 5.74) is 1.52. The van der Waals surface area contributed by atoms with Gasteiger partial charge in [-0.25, -0.2) is 4.39 Å². The number of hydrogen-bond acceptors (Lipinski definition) is 4. The summed E-state index contributed by atoms with van der Waals surface area (Å²) in [5, 5.41) is 24.7. The van der Waals surface area contributed by atoms with Crippen LogP contribution in [-0.2, 0) is 12.8 Å². The quantitative estimate of drug-likeness (QED) is 0.877. The van der Waals surface area contributed by atoms with Crippen LogP contribution >= 0.6 is 0 Å². The van der Waals surface area contributed by atoms with Gasteiger partial charge >= 0.3 is 0 Å². The molecule has 5 nitrogen and oxygen atoms in total. The second kappa shape index (κ2) is 6.17. The van der Waals surface area contributed by atoms with Gasteiger partial charge in [0.1, 0.15) is 17.3 Å². The van der Waals surface area contributed by atoms with Crippen molar-refractivity contribution in [3.63, 3.8) is 0 Å². The molecule has 1 aromatic heterocycles. The number of hydrogen-bond donors (Lipinski definition) is 2. The van der Waals surface area contributed by atoms with Gasteiger partial charge in [0, 0.05) is 19.1 Å². The standard InChI is InChI=1S/C14H14FN3O2/c1-2-12-14(13(3-4-19)18-17-12)20-11-6-9(8-16)5-10(15)7-11/h5-7,19H,2-4H2,1H3,(H,17,18). The molecule has 0 saturated heterocycles. The SMILES string of the molecule is CCc1n[nH]c(CCO)c1Oc1cc(F)cc(C#N)c1. The fraction of sp³-hybridized carbons (Fsp3) is 0.286. The third-order valence-electron chi connectivity index (χ3n) is 2.78. The number of halogens is 1. The van der Waals surface area contributed by atoms with E-state index in [2.05, 4.69) is 10.2 Å². The first kappa shape index (κ1) is 14.0. The van der Waals surface area contributed by atoms with Crippen molar-refractivity contribution < 1.29 is 14.2 Å². The van der Waals surface area contributed by atoms with E-state index in [1.54, 1.807) is 0 Å². The lowest BCUT2D eigenvalue weighted by molar-refractivity contribution is 0.296. The molecule has 2 N–H and O–H groups in total. The Morgan fingerprint density at radius 2 is 2.25 bits per heavy atom. The van der Waals surface area contributed by atoms with E-state index in [1.165, 1.54) is 12.1 Å². The number of nitrogens with one attached hydrogen (secondary N) is 1. The zero-order valence-corrected chi connectivity index (χ0v) is 11.0. The van der Waals surface area contributed by atoms with Gasteiger partial charge < -0.3 is 9.84 Å². The Morgan fingerprint density at radius 3 is 2.90 bits per heavy atom. The van der Waals surface area contributed by atoms with Crippen LogP contribution in [0.5, 0.6) is 11.5 Å². The van der Waals surface area contributed by atoms with Crippen LogP contribution in [0.25, 0.3) is 0 Å². The molecule has 0 aliphatic heterocycles. The highest BCUT2D eigenvalue weighted by molar-refractivity contribution is 5.42. The van der Waals surface area contributed by atoms with E-state index < -0.39 is 5.82 Å². The normalized spacial score (nSPS) is 10.3. The van der Waals surface area contributed by atoms with Crippen LogP contribution in [0.4, 0.5) is 4.39 Å². The number of aliphatic hydroxyl groups excluding tert-OH is 1. The van der Waals surface area contributed by atoms with Gasteiger partial charge in [-0.15, -0.1) is 0 Å². The molecule has 2 rings (SSSR count). The lowest BCUT2D eigenvalue weighted by atomic mass is 10.2. The van der Waals surface area contributed by atoms with Crippen molar-refractivity contribution in [2.24, 2.45) is 0 Å². The largest absolute Gasteiger partial charge is 0.453 e. The van der Waals surface area contributed by atoms with Crippen molar-refractivity contribution in [2.75, 3.05) is 6.61 Å². The molecule has 0 unspecified atom stereocenters. The van der Waals surface area contributed by atoms with E-state index in [0.717, 1.165) is 6.07 Å². The summed E-state index contributed by atoms with van der Waals surface area (Å²) in [6.07, 6.45) is 1.00. The minimum absolute atomic E-state index is 0.0473. The van der Waals surface area contributed by atoms with Crippen molar-refractivity contribution in [1.29, 1.82) is 5.26 Å². The number of aliphatic hydroxyl groups is 1. The summed E-state index contributed by atoms with van der Waals surface area (Å²) in [6, 6.07) is 5.67. The van der Waals surface area contributed by atoms with Crippen LogP contribution in [0.15, 0.2) is 18.2 Å². The molecule has 0 amide bonds. The third-order valence-corrected chi connectivity index (χ3v) is 2.78. The van der Waals surface area contributed by atoms with E-state index in [0.29, 0.717) is 30.0 Å². The number of aromatic amines is 1. The Hall–Kier alpha value is -2.39. The summed E-state index contributed by atoms with van der Waals surface area (Å²) in [7, 11) is 0. The average molecular weight is 275 g/mol. The molecule has 6 heteroatoms. The molecule has 104 valence electrons. The number of H-pyrrole nitrogens is 1. The maximum Gasteiger partial charge on any atom is 0.171 e. The van der Waals surface area contributed by atoms with Gasteiger partial charge in [0.15, 0.2) is 5.75 Å². The number of nitriles is 1. The summed E-state index contributed by atoms with van der Waals surface area (Å²) in [6.45, 7) is 1.87. The van der Waals surface area contributed by atoms with Gasteiger partial charge in [-0.1, -0.05) is 6.92 Å². The van der Waals surface area contributed by atoms with Crippen molar-refractivity contribution in [2.45, 2.75) is 19.8 Å². The molecule has 0 aliphatic carbocycles. The molecule has 0 fully saturated rings. The average Bonchev–Trinajstić information content (AvgIpc) is 2.81. The first-order valence-corrected chi connectivity index (χ1v) is 6.23. The molecule has 1 aromatic carbocycles. The van der Waals surface area contributed by atoms with Gasteiger partial charge in [-0.05, 0) is 18.6 Å². The summed E-state index contributed by atoms with van der Waals surface area (Å²) in [4.78, 5) is 0. The van der Waals surface area contributed by atoms with Crippen LogP contribution in [0, 0.1) is 17.1 Å². The lowest BCUT2D eigenvalue weighted by Gasteiger charge is -2.08. The Kier molecular flexibility index (Phi) is 4.33. The van der Waals surface area contributed by atoms with E-state index >= 15 is 0 Å². The van der Waals surface area contributed by atoms with Gasteiger partial charge in [-0.2, -0.15) is 10.4 Å². The second-order valence-corrected chi connectivity index (χ2v) is 4.19. The number of benzene rings is 1. The zero-order valence-electron chi connectivity index (χ0n) is 11.0. The first-order valence-electron chi connectivity index (χ1n) is 6.23. The first-order chi connectivity index (χ1) is 9.67. The molecular formula is C14H14FN3O2. The second-order valence-electron chi connectivity index (χ2n) is 4.19. The molecular weight excluding hydrogens is 261 g/mol. The number of ether oxygens (including phenoxy) is 1. The molecule has 0 bridgehead atoms. The monoisotopic (exact) mass is 275 g/mol. The highest BCUT2D eigenvalue weighted by Gasteiger charge is 2.14. The van der Waals surface area contributed by atoms with Gasteiger partial charge in [0.2, 0.25) is 0 Å². The molecule has 1 heterocycles. The predicted molar refractivity (Wildman–Crippen MR) is 69.9 cm³/mol. The van der Waals surface area contributed by atoms with E-state index in [9.17, 15) is 4.39 Å². The highest BCUT2D eigenvalue weighted by atomic mass is 19.1. The van der Waals surface area contributed by atoms with Crippen LogP contribution in [0.3, 0.4) is 0 Å². The molecule has 0 saturated carbocycles. The van der Waals surface area contributed by atoms with Crippen molar-refractivity contribution in [3.8, 4) is 17.6 Å². The molecule has 2 aromatic rings. The van der Waals surface area contributed by atoms with Crippen molar-refractivity contribution in [3.05, 3.63) is 41.0 Å². The summed E-state index contributed by atoms with van der Waals surface area (Å²) in [5.74, 6) is 0.178. The van der Waals surface area contributed by atoms with Gasteiger partial charge in [0.25, 0.3) is 0 Å². The number of aryl methyl sites for hydroxylation is 1. The van der Waals surface area contributed by atoms with Crippen LogP contribution in [0.1, 0.15) is 23.9 Å². The number of rotatable bonds is 5. The molecule has 0 radical (unpaired) electrons. The Morgan fingerprint density at radius 1 is 1.45 bits per heavy atom. The minimum atomic E-state index is -0.538. The number of nitrogens with zero attached hydrogens (tertiary/aromatic N) is 2. The highest BCUT2D eigenvalue weighted by Crippen LogP contribution is 2.29. The fourth-order valence-corrected chi connectivity index (χ4v) is 1.86. The lowest BCUT2D eigenvalue weighted by Crippen LogP contribution is -1.96. The van der Waals surface area contributed by atoms with Crippen molar-refractivity contribution in [1.82, 2.24) is 10.2 Å². The molecule has 0 aliphatic rings. The van der Waals surface area contributed by atoms with Crippen molar-refractivity contribution >= 4 is 0 Å². The van der Waals surface area contributed by atoms with E-state index in [-0.39, 0.29) is 17.9 Å². The zero-order chi connectivity index (χ0) is 14.5. The maximum atomic E-state index is 13.4. The van der Waals surface area contributed by atoms with E-state index in [4.69, 9.17) is 15.1 Å². The van der Waals surface area contributed by atoms with Gasteiger partial charge in [0.05, 0.1) is 17.3 Å². The predicted octanol–water partition coefficient (Wildman–Crippen LogP) is 2.31. The Labute approximate surface area is 115 Å². The summed E-state index contributed by atoms with van der Waals surface area (Å²) >= 11 is 0. The number of aromatic nitrogens is 2. The van der Waals surface area contributed by atoms with Crippen LogP contribution < -0.4 is 4.74 Å². The minimum Gasteiger partial charge on any atom is -0.453 e. The van der Waals surface area contributed by atoms with Crippen LogP contribution in [-0.4, -0.2) is 21.9 Å². The molecule has 20 heavy (non-hydrogen) atoms. The molecule has 0 spiro atoms. The van der Waals surface area contributed by atoms with Gasteiger partial charge in [-0.3, -0.25) is 5.10 Å². The Bertz CT molecular complexity index is 646. The maximum absolute atomic E-state index is 13.4. The Balaban J connectivity index is 2.36. The van der Waals surface area contributed by atoms with E-state index in [1.807, 2.05) is 13.0 Å². The smallest absolute Gasteiger partial charge is 0.171 e. The summed E-state index contributed by atoms with van der Waals surface area (Å²) < 4.78 is 19.0. The third kappa shape index (κ3) is 2.95.